The number of likely N-dealkylation sites (N-methyl/N-ethyl adjacent to an activating group) is 1. The van der Waals surface area contributed by atoms with Crippen molar-refractivity contribution in [3.8, 4) is 0 Å². The van der Waals surface area contributed by atoms with E-state index in [-0.39, 0.29) is 23.8 Å². The Kier molecular flexibility index (Phi) is 4.36. The highest BCUT2D eigenvalue weighted by atomic mass is 16.4. The van der Waals surface area contributed by atoms with Crippen LogP contribution >= 0.6 is 0 Å². The molecule has 0 saturated carbocycles. The summed E-state index contributed by atoms with van der Waals surface area (Å²) in [7, 11) is 3.13. The number of hydrogen-bond donors (Lipinski definition) is 2. The third kappa shape index (κ3) is 3.55. The van der Waals surface area contributed by atoms with Crippen molar-refractivity contribution in [3.05, 3.63) is 29.6 Å². The van der Waals surface area contributed by atoms with Gasteiger partial charge in [-0.3, -0.25) is 9.59 Å². The minimum absolute atomic E-state index is 0.0403. The third-order valence-electron chi connectivity index (χ3n) is 2.10. The molecule has 2 N–H and O–H groups in total. The Morgan fingerprint density at radius 3 is 2.44 bits per heavy atom. The first-order valence-electron chi connectivity index (χ1n) is 5.10. The van der Waals surface area contributed by atoms with E-state index >= 15 is 0 Å². The summed E-state index contributed by atoms with van der Waals surface area (Å²) >= 11 is 0. The lowest BCUT2D eigenvalue weighted by atomic mass is 10.3. The Balaban J connectivity index is 2.70. The molecule has 18 heavy (non-hydrogen) atoms. The van der Waals surface area contributed by atoms with E-state index in [1.54, 1.807) is 14.1 Å². The molecular weight excluding hydrogens is 238 g/mol. The van der Waals surface area contributed by atoms with Crippen molar-refractivity contribution in [3.63, 3.8) is 0 Å². The zero-order chi connectivity index (χ0) is 13.7. The molecule has 7 nitrogen and oxygen atoms in total. The van der Waals surface area contributed by atoms with Crippen LogP contribution in [0.15, 0.2) is 18.2 Å². The number of pyridine rings is 1. The Labute approximate surface area is 103 Å². The summed E-state index contributed by atoms with van der Waals surface area (Å²) in [5.74, 6) is -2.07. The van der Waals surface area contributed by atoms with Crippen LogP contribution in [0, 0.1) is 0 Å². The Hall–Kier alpha value is -2.44. The Morgan fingerprint density at radius 2 is 1.89 bits per heavy atom. The van der Waals surface area contributed by atoms with Gasteiger partial charge in [0.15, 0.2) is 0 Å². The standard InChI is InChI=1S/C11H13N3O4/c1-14(2)9(15)6-12-10(16)7-4-3-5-8(13-7)11(17)18/h3-5H,6H2,1-2H3,(H,12,16)(H,17,18). The molecule has 7 heteroatoms. The van der Waals surface area contributed by atoms with Crippen molar-refractivity contribution < 1.29 is 19.5 Å². The van der Waals surface area contributed by atoms with Crippen molar-refractivity contribution in [1.82, 2.24) is 15.2 Å². The quantitative estimate of drug-likeness (QED) is 0.758. The van der Waals surface area contributed by atoms with Gasteiger partial charge in [-0.25, -0.2) is 9.78 Å². The second-order valence-electron chi connectivity index (χ2n) is 3.68. The topological polar surface area (TPSA) is 99.6 Å². The first-order valence-corrected chi connectivity index (χ1v) is 5.10. The molecule has 1 rings (SSSR count). The van der Waals surface area contributed by atoms with Gasteiger partial charge in [-0.1, -0.05) is 6.07 Å². The highest BCUT2D eigenvalue weighted by molar-refractivity contribution is 5.96. The molecule has 0 bridgehead atoms. The Bertz CT molecular complexity index is 485. The number of carbonyl (C=O) groups excluding carboxylic acids is 2. The van der Waals surface area contributed by atoms with E-state index in [0.29, 0.717) is 0 Å². The maximum Gasteiger partial charge on any atom is 0.354 e. The number of aromatic nitrogens is 1. The van der Waals surface area contributed by atoms with Gasteiger partial charge in [0.25, 0.3) is 5.91 Å². The van der Waals surface area contributed by atoms with Gasteiger partial charge < -0.3 is 15.3 Å². The van der Waals surface area contributed by atoms with Gasteiger partial charge in [0.1, 0.15) is 11.4 Å². The summed E-state index contributed by atoms with van der Waals surface area (Å²) in [5, 5.41) is 11.1. The number of aromatic carboxylic acids is 1. The van der Waals surface area contributed by atoms with Gasteiger partial charge in [0.2, 0.25) is 5.91 Å². The first-order chi connectivity index (χ1) is 8.41. The predicted octanol–water partition coefficient (Wildman–Crippen LogP) is -0.402. The SMILES string of the molecule is CN(C)C(=O)CNC(=O)c1cccc(C(=O)O)n1. The number of carboxylic acid groups (broad SMARTS) is 1. The zero-order valence-electron chi connectivity index (χ0n) is 10.0. The summed E-state index contributed by atoms with van der Waals surface area (Å²) in [5.41, 5.74) is -0.261. The molecule has 0 fully saturated rings. The molecule has 1 aromatic heterocycles. The van der Waals surface area contributed by atoms with Gasteiger partial charge in [0.05, 0.1) is 6.54 Å². The molecule has 1 heterocycles. The van der Waals surface area contributed by atoms with Crippen molar-refractivity contribution in [1.29, 1.82) is 0 Å². The van der Waals surface area contributed by atoms with E-state index < -0.39 is 11.9 Å². The number of nitrogens with one attached hydrogen (secondary N) is 1. The van der Waals surface area contributed by atoms with Crippen molar-refractivity contribution >= 4 is 17.8 Å². The Morgan fingerprint density at radius 1 is 1.28 bits per heavy atom. The van der Waals surface area contributed by atoms with Gasteiger partial charge in [0, 0.05) is 14.1 Å². The smallest absolute Gasteiger partial charge is 0.354 e. The maximum absolute atomic E-state index is 11.6. The van der Waals surface area contributed by atoms with Gasteiger partial charge in [-0.15, -0.1) is 0 Å². The molecular formula is C11H13N3O4. The average Bonchev–Trinajstić information content (AvgIpc) is 2.35. The molecule has 0 aliphatic rings. The molecule has 0 aromatic carbocycles. The number of carboxylic acids is 1. The summed E-state index contributed by atoms with van der Waals surface area (Å²) < 4.78 is 0. The number of carbonyl (C=O) groups is 3. The van der Waals surface area contributed by atoms with Crippen molar-refractivity contribution in [2.45, 2.75) is 0 Å². The minimum Gasteiger partial charge on any atom is -0.477 e. The fourth-order valence-corrected chi connectivity index (χ4v) is 1.08. The number of amides is 2. The fourth-order valence-electron chi connectivity index (χ4n) is 1.08. The highest BCUT2D eigenvalue weighted by Gasteiger charge is 2.12. The van der Waals surface area contributed by atoms with E-state index in [0.717, 1.165) is 0 Å². The normalized spacial score (nSPS) is 9.67. The molecule has 0 atom stereocenters. The molecule has 0 aliphatic carbocycles. The fraction of sp³-hybridized carbons (Fsp3) is 0.273. The summed E-state index contributed by atoms with van der Waals surface area (Å²) in [6, 6.07) is 4.07. The van der Waals surface area contributed by atoms with Crippen LogP contribution in [0.2, 0.25) is 0 Å². The highest BCUT2D eigenvalue weighted by Crippen LogP contribution is 1.99. The number of nitrogens with zero attached hydrogens (tertiary/aromatic N) is 2. The lowest BCUT2D eigenvalue weighted by molar-refractivity contribution is -0.127. The summed E-state index contributed by atoms with van der Waals surface area (Å²) in [4.78, 5) is 38.5. The van der Waals surface area contributed by atoms with Crippen LogP contribution < -0.4 is 5.32 Å². The molecule has 2 amide bonds. The molecule has 0 unspecified atom stereocenters. The van der Waals surface area contributed by atoms with Crippen LogP contribution in [0.3, 0.4) is 0 Å². The third-order valence-corrected chi connectivity index (χ3v) is 2.10. The van der Waals surface area contributed by atoms with Crippen LogP contribution in [0.1, 0.15) is 21.0 Å². The predicted molar refractivity (Wildman–Crippen MR) is 62.2 cm³/mol. The largest absolute Gasteiger partial charge is 0.477 e. The monoisotopic (exact) mass is 251 g/mol. The van der Waals surface area contributed by atoms with Gasteiger partial charge in [-0.05, 0) is 12.1 Å². The van der Waals surface area contributed by atoms with Gasteiger partial charge in [-0.2, -0.15) is 0 Å². The minimum atomic E-state index is -1.21. The van der Waals surface area contributed by atoms with E-state index in [2.05, 4.69) is 10.3 Å². The maximum atomic E-state index is 11.6. The zero-order valence-corrected chi connectivity index (χ0v) is 10.0. The van der Waals surface area contributed by atoms with Crippen LogP contribution in [-0.4, -0.2) is 53.4 Å². The lowest BCUT2D eigenvalue weighted by Crippen LogP contribution is -2.36. The number of rotatable bonds is 4. The lowest BCUT2D eigenvalue weighted by Gasteiger charge is -2.10. The molecule has 96 valence electrons. The number of hydrogen-bond acceptors (Lipinski definition) is 4. The second kappa shape index (κ2) is 5.76. The van der Waals surface area contributed by atoms with E-state index in [1.165, 1.54) is 23.1 Å². The molecule has 0 aliphatic heterocycles. The average molecular weight is 251 g/mol. The summed E-state index contributed by atoms with van der Waals surface area (Å²) in [6.07, 6.45) is 0. The molecule has 0 saturated heterocycles. The van der Waals surface area contributed by atoms with Crippen LogP contribution in [0.4, 0.5) is 0 Å². The van der Waals surface area contributed by atoms with Crippen LogP contribution in [0.5, 0.6) is 0 Å². The second-order valence-corrected chi connectivity index (χ2v) is 3.68. The van der Waals surface area contributed by atoms with E-state index in [4.69, 9.17) is 5.11 Å². The molecule has 0 spiro atoms. The molecule has 0 radical (unpaired) electrons. The first kappa shape index (κ1) is 13.6. The summed E-state index contributed by atoms with van der Waals surface area (Å²) in [6.45, 7) is -0.162. The van der Waals surface area contributed by atoms with Crippen molar-refractivity contribution in [2.75, 3.05) is 20.6 Å². The van der Waals surface area contributed by atoms with Crippen LogP contribution in [0.25, 0.3) is 0 Å². The molecule has 1 aromatic rings. The van der Waals surface area contributed by atoms with E-state index in [1.807, 2.05) is 0 Å². The van der Waals surface area contributed by atoms with Gasteiger partial charge >= 0.3 is 5.97 Å². The van der Waals surface area contributed by atoms with Crippen LogP contribution in [-0.2, 0) is 4.79 Å². The van der Waals surface area contributed by atoms with E-state index in [9.17, 15) is 14.4 Å². The van der Waals surface area contributed by atoms with Crippen molar-refractivity contribution in [2.24, 2.45) is 0 Å².